The van der Waals surface area contributed by atoms with E-state index in [1.807, 2.05) is 26.0 Å². The van der Waals surface area contributed by atoms with Crippen molar-refractivity contribution in [1.29, 1.82) is 0 Å². The predicted molar refractivity (Wildman–Crippen MR) is 72.2 cm³/mol. The maximum Gasteiger partial charge on any atom is 0.258 e. The smallest absolute Gasteiger partial charge is 0.258 e. The predicted octanol–water partition coefficient (Wildman–Crippen LogP) is 3.13. The van der Waals surface area contributed by atoms with Gasteiger partial charge in [0.05, 0.1) is 0 Å². The third-order valence-electron chi connectivity index (χ3n) is 2.98. The van der Waals surface area contributed by atoms with Crippen LogP contribution in [-0.2, 0) is 6.42 Å². The van der Waals surface area contributed by atoms with Gasteiger partial charge in [-0.15, -0.1) is 0 Å². The van der Waals surface area contributed by atoms with E-state index in [-0.39, 0.29) is 0 Å². The maximum absolute atomic E-state index is 5.86. The molecular weight excluding hydrogens is 226 g/mol. The Morgan fingerprint density at radius 2 is 2.00 bits per heavy atom. The van der Waals surface area contributed by atoms with Crippen LogP contribution < -0.4 is 5.73 Å². The number of aryl methyl sites for hydroxylation is 1. The minimum absolute atomic E-state index is 0.513. The van der Waals surface area contributed by atoms with Gasteiger partial charge >= 0.3 is 0 Å². The molecule has 0 radical (unpaired) electrons. The van der Waals surface area contributed by atoms with Gasteiger partial charge in [-0.3, -0.25) is 0 Å². The molecule has 0 amide bonds. The number of anilines is 1. The Morgan fingerprint density at radius 1 is 1.28 bits per heavy atom. The molecule has 0 atom stereocenters. The quantitative estimate of drug-likeness (QED) is 0.844. The Hall–Kier alpha value is -1.84. The standard InChI is InChI=1S/C14H19N3O/c1-8(2)5-13-16-14(18-17-13)12-7-11(15)6-9(3)10(12)4/h6-8H,5,15H2,1-4H3. The van der Waals surface area contributed by atoms with E-state index in [4.69, 9.17) is 10.3 Å². The van der Waals surface area contributed by atoms with Crippen molar-refractivity contribution in [3.8, 4) is 11.5 Å². The van der Waals surface area contributed by atoms with Crippen molar-refractivity contribution in [2.24, 2.45) is 5.92 Å². The highest BCUT2D eigenvalue weighted by molar-refractivity contribution is 5.66. The van der Waals surface area contributed by atoms with Crippen LogP contribution in [0.1, 0.15) is 30.8 Å². The van der Waals surface area contributed by atoms with E-state index in [1.165, 1.54) is 0 Å². The summed E-state index contributed by atoms with van der Waals surface area (Å²) in [5, 5.41) is 4.01. The fraction of sp³-hybridized carbons (Fsp3) is 0.429. The van der Waals surface area contributed by atoms with Crippen molar-refractivity contribution >= 4 is 5.69 Å². The van der Waals surface area contributed by atoms with Gasteiger partial charge in [-0.1, -0.05) is 19.0 Å². The van der Waals surface area contributed by atoms with Gasteiger partial charge in [-0.2, -0.15) is 4.98 Å². The Labute approximate surface area is 107 Å². The summed E-state index contributed by atoms with van der Waals surface area (Å²) in [6.07, 6.45) is 0.823. The first-order valence-corrected chi connectivity index (χ1v) is 6.17. The first kappa shape index (κ1) is 12.6. The molecule has 1 heterocycles. The van der Waals surface area contributed by atoms with Crippen molar-refractivity contribution in [1.82, 2.24) is 10.1 Å². The first-order valence-electron chi connectivity index (χ1n) is 6.17. The van der Waals surface area contributed by atoms with E-state index < -0.39 is 0 Å². The molecule has 0 unspecified atom stereocenters. The van der Waals surface area contributed by atoms with E-state index >= 15 is 0 Å². The zero-order valence-electron chi connectivity index (χ0n) is 11.3. The molecule has 4 heteroatoms. The van der Waals surface area contributed by atoms with Crippen LogP contribution in [0.4, 0.5) is 5.69 Å². The van der Waals surface area contributed by atoms with E-state index in [2.05, 4.69) is 24.0 Å². The number of benzene rings is 1. The van der Waals surface area contributed by atoms with E-state index in [1.54, 1.807) is 0 Å². The molecule has 0 aliphatic heterocycles. The summed E-state index contributed by atoms with van der Waals surface area (Å²) in [7, 11) is 0. The molecular formula is C14H19N3O. The summed E-state index contributed by atoms with van der Waals surface area (Å²) in [5.74, 6) is 1.82. The van der Waals surface area contributed by atoms with Gasteiger partial charge in [-0.25, -0.2) is 0 Å². The molecule has 0 saturated heterocycles. The minimum atomic E-state index is 0.513. The van der Waals surface area contributed by atoms with Gasteiger partial charge in [0.25, 0.3) is 5.89 Å². The second-order valence-electron chi connectivity index (χ2n) is 5.12. The molecule has 2 rings (SSSR count). The molecule has 0 fully saturated rings. The fourth-order valence-corrected chi connectivity index (χ4v) is 1.92. The molecule has 0 spiro atoms. The van der Waals surface area contributed by atoms with E-state index in [0.29, 0.717) is 11.8 Å². The van der Waals surface area contributed by atoms with Crippen molar-refractivity contribution in [3.05, 3.63) is 29.1 Å². The van der Waals surface area contributed by atoms with Crippen LogP contribution in [0.25, 0.3) is 11.5 Å². The Morgan fingerprint density at radius 3 is 2.67 bits per heavy atom. The minimum Gasteiger partial charge on any atom is -0.399 e. The zero-order valence-corrected chi connectivity index (χ0v) is 11.3. The first-order chi connectivity index (χ1) is 8.47. The second kappa shape index (κ2) is 4.80. The molecule has 1 aromatic carbocycles. The molecule has 0 saturated carbocycles. The lowest BCUT2D eigenvalue weighted by Crippen LogP contribution is -1.96. The van der Waals surface area contributed by atoms with Crippen LogP contribution in [0.5, 0.6) is 0 Å². The van der Waals surface area contributed by atoms with Gasteiger partial charge in [0, 0.05) is 17.7 Å². The van der Waals surface area contributed by atoms with Crippen LogP contribution in [-0.4, -0.2) is 10.1 Å². The van der Waals surface area contributed by atoms with Gasteiger partial charge in [0.1, 0.15) is 0 Å². The van der Waals surface area contributed by atoms with Crippen molar-refractivity contribution in [2.45, 2.75) is 34.1 Å². The molecule has 0 aliphatic rings. The van der Waals surface area contributed by atoms with Crippen LogP contribution in [0.15, 0.2) is 16.7 Å². The molecule has 0 aliphatic carbocycles. The Kier molecular flexibility index (Phi) is 3.36. The van der Waals surface area contributed by atoms with Gasteiger partial charge in [0.2, 0.25) is 0 Å². The Bertz CT molecular complexity index is 558. The summed E-state index contributed by atoms with van der Waals surface area (Å²) in [4.78, 5) is 4.43. The summed E-state index contributed by atoms with van der Waals surface area (Å²) in [5.41, 5.74) is 9.77. The van der Waals surface area contributed by atoms with Crippen molar-refractivity contribution in [2.75, 3.05) is 5.73 Å². The summed E-state index contributed by atoms with van der Waals surface area (Å²) in [6.45, 7) is 8.33. The van der Waals surface area contributed by atoms with Gasteiger partial charge in [-0.05, 0) is 43.0 Å². The number of hydrogen-bond donors (Lipinski definition) is 1. The lowest BCUT2D eigenvalue weighted by atomic mass is 10.0. The van der Waals surface area contributed by atoms with E-state index in [0.717, 1.165) is 34.6 Å². The number of nitrogens with zero attached hydrogens (tertiary/aromatic N) is 2. The third kappa shape index (κ3) is 2.53. The highest BCUT2D eigenvalue weighted by Gasteiger charge is 2.13. The van der Waals surface area contributed by atoms with Crippen molar-refractivity contribution < 1.29 is 4.52 Å². The van der Waals surface area contributed by atoms with Crippen LogP contribution >= 0.6 is 0 Å². The monoisotopic (exact) mass is 245 g/mol. The highest BCUT2D eigenvalue weighted by atomic mass is 16.5. The number of hydrogen-bond acceptors (Lipinski definition) is 4. The number of nitrogen functional groups attached to an aromatic ring is 1. The van der Waals surface area contributed by atoms with Crippen LogP contribution in [0.2, 0.25) is 0 Å². The summed E-state index contributed by atoms with van der Waals surface area (Å²) in [6, 6.07) is 3.83. The molecule has 2 N–H and O–H groups in total. The van der Waals surface area contributed by atoms with Gasteiger partial charge in [0.15, 0.2) is 5.82 Å². The largest absolute Gasteiger partial charge is 0.399 e. The summed E-state index contributed by atoms with van der Waals surface area (Å²) < 4.78 is 5.33. The Balaban J connectivity index is 2.40. The molecule has 4 nitrogen and oxygen atoms in total. The normalized spacial score (nSPS) is 11.2. The number of rotatable bonds is 3. The lowest BCUT2D eigenvalue weighted by molar-refractivity contribution is 0.417. The third-order valence-corrected chi connectivity index (χ3v) is 2.98. The molecule has 2 aromatic rings. The molecule has 0 bridgehead atoms. The number of aromatic nitrogens is 2. The lowest BCUT2D eigenvalue weighted by Gasteiger charge is -2.06. The zero-order chi connectivity index (χ0) is 13.3. The van der Waals surface area contributed by atoms with Crippen LogP contribution in [0.3, 0.4) is 0 Å². The van der Waals surface area contributed by atoms with E-state index in [9.17, 15) is 0 Å². The molecule has 1 aromatic heterocycles. The SMILES string of the molecule is Cc1cc(N)cc(-c2nc(CC(C)C)no2)c1C. The summed E-state index contributed by atoms with van der Waals surface area (Å²) >= 11 is 0. The fourth-order valence-electron chi connectivity index (χ4n) is 1.92. The maximum atomic E-state index is 5.86. The topological polar surface area (TPSA) is 64.9 Å². The van der Waals surface area contributed by atoms with Crippen LogP contribution in [0, 0.1) is 19.8 Å². The highest BCUT2D eigenvalue weighted by Crippen LogP contribution is 2.27. The molecule has 18 heavy (non-hydrogen) atoms. The average molecular weight is 245 g/mol. The van der Waals surface area contributed by atoms with Crippen molar-refractivity contribution in [3.63, 3.8) is 0 Å². The second-order valence-corrected chi connectivity index (χ2v) is 5.12. The molecule has 96 valence electrons. The average Bonchev–Trinajstić information content (AvgIpc) is 2.70. The number of nitrogens with two attached hydrogens (primary N) is 1. The van der Waals surface area contributed by atoms with Gasteiger partial charge < -0.3 is 10.3 Å².